The maximum Gasteiger partial charge on any atom is 0.451 e. The summed E-state index contributed by atoms with van der Waals surface area (Å²) in [6, 6.07) is 6.27. The molecule has 11 heteroatoms. The molecular formula is C15H15F3N4O3S. The largest absolute Gasteiger partial charge is 0.462 e. The number of alkyl halides is 3. The zero-order valence-corrected chi connectivity index (χ0v) is 14.6. The fourth-order valence-corrected chi connectivity index (χ4v) is 2.69. The smallest absolute Gasteiger partial charge is 0.451 e. The molecule has 0 saturated heterocycles. The molecule has 0 aliphatic carbocycles. The fourth-order valence-electron chi connectivity index (χ4n) is 1.98. The van der Waals surface area contributed by atoms with Crippen molar-refractivity contribution in [2.24, 2.45) is 7.05 Å². The van der Waals surface area contributed by atoms with Gasteiger partial charge in [0.25, 0.3) is 0 Å². The number of amides is 1. The van der Waals surface area contributed by atoms with E-state index in [9.17, 15) is 22.8 Å². The Labute approximate surface area is 150 Å². The van der Waals surface area contributed by atoms with Crippen LogP contribution in [-0.4, -0.2) is 39.0 Å². The topological polar surface area (TPSA) is 86.1 Å². The maximum atomic E-state index is 12.7. The van der Waals surface area contributed by atoms with Gasteiger partial charge in [-0.3, -0.25) is 4.79 Å². The van der Waals surface area contributed by atoms with Gasteiger partial charge in [0, 0.05) is 7.05 Å². The van der Waals surface area contributed by atoms with Crippen molar-refractivity contribution < 1.29 is 27.5 Å². The first-order valence-electron chi connectivity index (χ1n) is 7.39. The molecule has 0 unspecified atom stereocenters. The van der Waals surface area contributed by atoms with E-state index in [0.29, 0.717) is 0 Å². The van der Waals surface area contributed by atoms with Gasteiger partial charge >= 0.3 is 12.1 Å². The molecule has 2 rings (SSSR count). The van der Waals surface area contributed by atoms with E-state index in [4.69, 9.17) is 4.74 Å². The van der Waals surface area contributed by atoms with E-state index < -0.39 is 23.9 Å². The summed E-state index contributed by atoms with van der Waals surface area (Å²) in [6.07, 6.45) is -4.62. The minimum atomic E-state index is -4.62. The Morgan fingerprint density at radius 1 is 1.27 bits per heavy atom. The van der Waals surface area contributed by atoms with Crippen LogP contribution in [0.1, 0.15) is 23.1 Å². The standard InChI is InChI=1S/C15H15F3N4O3S/c1-3-25-12(24)9-6-4-5-7-10(9)19-11(23)8-26-14-21-20-13(22(14)2)15(16,17)18/h4-7H,3,8H2,1-2H3,(H,19,23). The van der Waals surface area contributed by atoms with Crippen LogP contribution in [0.3, 0.4) is 0 Å². The van der Waals surface area contributed by atoms with E-state index >= 15 is 0 Å². The Hall–Kier alpha value is -2.56. The Kier molecular flexibility index (Phi) is 6.24. The van der Waals surface area contributed by atoms with E-state index in [-0.39, 0.29) is 28.8 Å². The van der Waals surface area contributed by atoms with E-state index in [2.05, 4.69) is 15.5 Å². The number of thioether (sulfide) groups is 1. The molecule has 26 heavy (non-hydrogen) atoms. The summed E-state index contributed by atoms with van der Waals surface area (Å²) in [7, 11) is 1.17. The number of nitrogens with one attached hydrogen (secondary N) is 1. The summed E-state index contributed by atoms with van der Waals surface area (Å²) < 4.78 is 43.7. The molecule has 0 radical (unpaired) electrons. The maximum absolute atomic E-state index is 12.7. The Bertz CT molecular complexity index is 808. The minimum Gasteiger partial charge on any atom is -0.462 e. The third-order valence-corrected chi connectivity index (χ3v) is 4.14. The average Bonchev–Trinajstić information content (AvgIpc) is 2.94. The van der Waals surface area contributed by atoms with Crippen LogP contribution < -0.4 is 5.32 Å². The van der Waals surface area contributed by atoms with Gasteiger partial charge in [0.1, 0.15) is 0 Å². The number of hydrogen-bond donors (Lipinski definition) is 1. The lowest BCUT2D eigenvalue weighted by Crippen LogP contribution is -2.18. The zero-order valence-electron chi connectivity index (χ0n) is 13.8. The third-order valence-electron chi connectivity index (χ3n) is 3.12. The van der Waals surface area contributed by atoms with Gasteiger partial charge in [-0.1, -0.05) is 23.9 Å². The van der Waals surface area contributed by atoms with Crippen molar-refractivity contribution in [2.45, 2.75) is 18.3 Å². The van der Waals surface area contributed by atoms with Crippen LogP contribution >= 0.6 is 11.8 Å². The van der Waals surface area contributed by atoms with Gasteiger partial charge in [-0.15, -0.1) is 10.2 Å². The molecule has 1 heterocycles. The number of benzene rings is 1. The van der Waals surface area contributed by atoms with Crippen LogP contribution in [0.4, 0.5) is 18.9 Å². The molecule has 0 bridgehead atoms. The van der Waals surface area contributed by atoms with Crippen molar-refractivity contribution in [3.05, 3.63) is 35.7 Å². The van der Waals surface area contributed by atoms with E-state index in [0.717, 1.165) is 16.3 Å². The van der Waals surface area contributed by atoms with Gasteiger partial charge < -0.3 is 14.6 Å². The number of hydrogen-bond acceptors (Lipinski definition) is 6. The highest BCUT2D eigenvalue weighted by Gasteiger charge is 2.37. The van der Waals surface area contributed by atoms with Gasteiger partial charge in [0.2, 0.25) is 11.7 Å². The first-order chi connectivity index (χ1) is 12.2. The normalized spacial score (nSPS) is 11.3. The lowest BCUT2D eigenvalue weighted by atomic mass is 10.2. The van der Waals surface area contributed by atoms with Crippen molar-refractivity contribution in [1.29, 1.82) is 0 Å². The number of anilines is 1. The number of halogens is 3. The van der Waals surface area contributed by atoms with Gasteiger partial charge in [-0.05, 0) is 19.1 Å². The fraction of sp³-hybridized carbons (Fsp3) is 0.333. The first kappa shape index (κ1) is 19.8. The molecule has 0 aliphatic rings. The van der Waals surface area contributed by atoms with E-state index in [1.807, 2.05) is 0 Å². The second-order valence-corrected chi connectivity index (χ2v) is 5.91. The summed E-state index contributed by atoms with van der Waals surface area (Å²) in [5, 5.41) is 9.00. The van der Waals surface area contributed by atoms with Crippen LogP contribution in [-0.2, 0) is 22.8 Å². The molecule has 7 nitrogen and oxygen atoms in total. The predicted octanol–water partition coefficient (Wildman–Crippen LogP) is 2.74. The number of aromatic nitrogens is 3. The van der Waals surface area contributed by atoms with Crippen LogP contribution in [0.2, 0.25) is 0 Å². The Morgan fingerprint density at radius 2 is 1.96 bits per heavy atom. The van der Waals surface area contributed by atoms with Crippen LogP contribution in [0.25, 0.3) is 0 Å². The SMILES string of the molecule is CCOC(=O)c1ccccc1NC(=O)CSc1nnc(C(F)(F)F)n1C. The van der Waals surface area contributed by atoms with Crippen molar-refractivity contribution in [1.82, 2.24) is 14.8 Å². The molecule has 0 aliphatic heterocycles. The molecule has 0 atom stereocenters. The summed E-state index contributed by atoms with van der Waals surface area (Å²) in [5.74, 6) is -2.45. The molecule has 0 fully saturated rings. The second-order valence-electron chi connectivity index (χ2n) is 4.97. The third kappa shape index (κ3) is 4.75. The Balaban J connectivity index is 2.03. The number of carbonyl (C=O) groups is 2. The summed E-state index contributed by atoms with van der Waals surface area (Å²) in [5.41, 5.74) is 0.441. The van der Waals surface area contributed by atoms with Crippen molar-refractivity contribution in [3.63, 3.8) is 0 Å². The molecule has 140 valence electrons. The summed E-state index contributed by atoms with van der Waals surface area (Å²) >= 11 is 0.797. The molecule has 0 spiro atoms. The zero-order chi connectivity index (χ0) is 19.3. The van der Waals surface area contributed by atoms with Gasteiger partial charge in [-0.25, -0.2) is 4.79 Å². The molecular weight excluding hydrogens is 373 g/mol. The quantitative estimate of drug-likeness (QED) is 0.605. The summed E-state index contributed by atoms with van der Waals surface area (Å²) in [6.45, 7) is 1.84. The highest BCUT2D eigenvalue weighted by Crippen LogP contribution is 2.29. The number of carbonyl (C=O) groups excluding carboxylic acids is 2. The lowest BCUT2D eigenvalue weighted by molar-refractivity contribution is -0.147. The first-order valence-corrected chi connectivity index (χ1v) is 8.38. The van der Waals surface area contributed by atoms with Gasteiger partial charge in [-0.2, -0.15) is 13.2 Å². The van der Waals surface area contributed by atoms with E-state index in [1.54, 1.807) is 19.1 Å². The number of rotatable bonds is 6. The highest BCUT2D eigenvalue weighted by molar-refractivity contribution is 7.99. The highest BCUT2D eigenvalue weighted by atomic mass is 32.2. The molecule has 2 aromatic rings. The molecule has 1 aromatic carbocycles. The number of esters is 1. The second kappa shape index (κ2) is 8.21. The van der Waals surface area contributed by atoms with E-state index in [1.165, 1.54) is 19.2 Å². The van der Waals surface area contributed by atoms with Crippen LogP contribution in [0, 0.1) is 0 Å². The Morgan fingerprint density at radius 3 is 2.58 bits per heavy atom. The number of ether oxygens (including phenoxy) is 1. The molecule has 0 saturated carbocycles. The lowest BCUT2D eigenvalue weighted by Gasteiger charge is -2.10. The van der Waals surface area contributed by atoms with Crippen LogP contribution in [0.5, 0.6) is 0 Å². The number of para-hydroxylation sites is 1. The molecule has 1 N–H and O–H groups in total. The van der Waals surface area contributed by atoms with Crippen molar-refractivity contribution >= 4 is 29.3 Å². The van der Waals surface area contributed by atoms with Crippen LogP contribution in [0.15, 0.2) is 29.4 Å². The number of nitrogens with zero attached hydrogens (tertiary/aromatic N) is 3. The van der Waals surface area contributed by atoms with Crippen molar-refractivity contribution in [3.8, 4) is 0 Å². The molecule has 1 amide bonds. The minimum absolute atomic E-state index is 0.0499. The van der Waals surface area contributed by atoms with Crippen molar-refractivity contribution in [2.75, 3.05) is 17.7 Å². The molecule has 1 aromatic heterocycles. The average molecular weight is 388 g/mol. The monoisotopic (exact) mass is 388 g/mol. The van der Waals surface area contributed by atoms with Gasteiger partial charge in [0.05, 0.1) is 23.6 Å². The summed E-state index contributed by atoms with van der Waals surface area (Å²) in [4.78, 5) is 23.9. The predicted molar refractivity (Wildman–Crippen MR) is 87.8 cm³/mol. The van der Waals surface area contributed by atoms with Gasteiger partial charge in [0.15, 0.2) is 5.16 Å².